The van der Waals surface area contributed by atoms with Crippen molar-refractivity contribution in [3.8, 4) is 17.6 Å². The highest BCUT2D eigenvalue weighted by Crippen LogP contribution is 2.27. The van der Waals surface area contributed by atoms with Crippen molar-refractivity contribution in [1.82, 2.24) is 0 Å². The van der Waals surface area contributed by atoms with Crippen LogP contribution in [0.1, 0.15) is 33.6 Å². The number of aliphatic hydroxyl groups excluding tert-OH is 1. The molecule has 2 rings (SSSR count). The Morgan fingerprint density at radius 1 is 1.14 bits per heavy atom. The van der Waals surface area contributed by atoms with Crippen LogP contribution in [0.2, 0.25) is 0 Å². The van der Waals surface area contributed by atoms with Gasteiger partial charge in [-0.3, -0.25) is 0 Å². The van der Waals surface area contributed by atoms with E-state index in [4.69, 9.17) is 9.84 Å². The zero-order valence-corrected chi connectivity index (χ0v) is 13.5. The molecule has 0 fully saturated rings. The summed E-state index contributed by atoms with van der Waals surface area (Å²) >= 11 is 1.65. The largest absolute Gasteiger partial charge is 0.487 e. The van der Waals surface area contributed by atoms with Gasteiger partial charge in [-0.05, 0) is 48.9 Å². The van der Waals surface area contributed by atoms with Crippen molar-refractivity contribution in [2.24, 2.45) is 0 Å². The van der Waals surface area contributed by atoms with E-state index in [1.807, 2.05) is 11.4 Å². The van der Waals surface area contributed by atoms with Crippen LogP contribution in [0.15, 0.2) is 23.6 Å². The molecule has 0 unspecified atom stereocenters. The van der Waals surface area contributed by atoms with Crippen molar-refractivity contribution in [2.75, 3.05) is 6.61 Å². The lowest BCUT2D eigenvalue weighted by atomic mass is 10.1. The Kier molecular flexibility index (Phi) is 5.44. The average Bonchev–Trinajstić information content (AvgIpc) is 2.91. The Bertz CT molecular complexity index is 674. The van der Waals surface area contributed by atoms with E-state index in [0.717, 1.165) is 21.8 Å². The molecule has 0 saturated heterocycles. The maximum atomic E-state index is 8.78. The summed E-state index contributed by atoms with van der Waals surface area (Å²) in [4.78, 5) is 1.13. The van der Waals surface area contributed by atoms with E-state index in [2.05, 4.69) is 44.7 Å². The van der Waals surface area contributed by atoms with Gasteiger partial charge in [0.05, 0.1) is 11.5 Å². The van der Waals surface area contributed by atoms with Gasteiger partial charge in [0.1, 0.15) is 12.4 Å². The summed E-state index contributed by atoms with van der Waals surface area (Å²) in [5.41, 5.74) is 4.59. The summed E-state index contributed by atoms with van der Waals surface area (Å²) in [6.07, 6.45) is 0.506. The summed E-state index contributed by atoms with van der Waals surface area (Å²) in [5.74, 6) is 7.02. The molecular weight excluding hydrogens is 280 g/mol. The molecule has 0 radical (unpaired) electrons. The lowest BCUT2D eigenvalue weighted by Gasteiger charge is -2.13. The van der Waals surface area contributed by atoms with Gasteiger partial charge < -0.3 is 9.84 Å². The van der Waals surface area contributed by atoms with E-state index in [1.165, 1.54) is 11.1 Å². The van der Waals surface area contributed by atoms with Crippen LogP contribution in [0.5, 0.6) is 5.75 Å². The molecule has 1 aromatic heterocycles. The number of benzene rings is 1. The number of rotatable bonds is 4. The van der Waals surface area contributed by atoms with Crippen molar-refractivity contribution >= 4 is 11.3 Å². The van der Waals surface area contributed by atoms with Crippen LogP contribution in [0.25, 0.3) is 0 Å². The van der Waals surface area contributed by atoms with E-state index < -0.39 is 0 Å². The van der Waals surface area contributed by atoms with Gasteiger partial charge in [-0.2, -0.15) is 0 Å². The summed E-state index contributed by atoms with van der Waals surface area (Å²) < 4.78 is 6.03. The highest BCUT2D eigenvalue weighted by atomic mass is 32.1. The fourth-order valence-electron chi connectivity index (χ4n) is 2.06. The summed E-state index contributed by atoms with van der Waals surface area (Å²) in [6, 6.07) is 6.21. The highest BCUT2D eigenvalue weighted by molar-refractivity contribution is 7.10. The smallest absolute Gasteiger partial charge is 0.125 e. The molecule has 0 atom stereocenters. The van der Waals surface area contributed by atoms with Crippen LogP contribution in [0, 0.1) is 32.6 Å². The van der Waals surface area contributed by atoms with Gasteiger partial charge >= 0.3 is 0 Å². The molecular formula is C18H20O2S. The Morgan fingerprint density at radius 3 is 2.67 bits per heavy atom. The van der Waals surface area contributed by atoms with Crippen LogP contribution in [0.4, 0.5) is 0 Å². The van der Waals surface area contributed by atoms with Crippen molar-refractivity contribution < 1.29 is 9.84 Å². The number of aliphatic hydroxyl groups is 1. The molecule has 0 aliphatic heterocycles. The molecule has 2 nitrogen and oxygen atoms in total. The standard InChI is InChI=1S/C18H20O2S/c1-13-7-8-14(2)18(15(13)3)20-12-17-16(9-11-21-17)6-4-5-10-19/h7-9,11,19H,5,10,12H2,1-3H3. The Morgan fingerprint density at radius 2 is 1.90 bits per heavy atom. The van der Waals surface area contributed by atoms with Crippen LogP contribution in [-0.2, 0) is 6.61 Å². The molecule has 0 aliphatic rings. The Balaban J connectivity index is 2.13. The van der Waals surface area contributed by atoms with E-state index in [-0.39, 0.29) is 6.61 Å². The molecule has 1 aromatic carbocycles. The number of aryl methyl sites for hydroxylation is 2. The molecule has 0 saturated carbocycles. The highest BCUT2D eigenvalue weighted by Gasteiger charge is 2.08. The third-order valence-electron chi connectivity index (χ3n) is 3.43. The van der Waals surface area contributed by atoms with Gasteiger partial charge in [0.25, 0.3) is 0 Å². The zero-order chi connectivity index (χ0) is 15.2. The van der Waals surface area contributed by atoms with Crippen molar-refractivity contribution in [2.45, 2.75) is 33.8 Å². The van der Waals surface area contributed by atoms with E-state index in [9.17, 15) is 0 Å². The average molecular weight is 300 g/mol. The van der Waals surface area contributed by atoms with Gasteiger partial charge in [-0.25, -0.2) is 0 Å². The minimum atomic E-state index is 0.102. The van der Waals surface area contributed by atoms with E-state index >= 15 is 0 Å². The van der Waals surface area contributed by atoms with Crippen LogP contribution >= 0.6 is 11.3 Å². The topological polar surface area (TPSA) is 29.5 Å². The monoisotopic (exact) mass is 300 g/mol. The number of ether oxygens (including phenoxy) is 1. The minimum absolute atomic E-state index is 0.102. The molecule has 0 spiro atoms. The second-order valence-electron chi connectivity index (χ2n) is 4.97. The molecule has 1 heterocycles. The van der Waals surface area contributed by atoms with Gasteiger partial charge in [0, 0.05) is 12.0 Å². The first-order valence-electron chi connectivity index (χ1n) is 6.99. The lowest BCUT2D eigenvalue weighted by molar-refractivity contribution is 0.304. The first kappa shape index (κ1) is 15.6. The lowest BCUT2D eigenvalue weighted by Crippen LogP contribution is -2.00. The molecule has 0 bridgehead atoms. The summed E-state index contributed by atoms with van der Waals surface area (Å²) in [7, 11) is 0. The Labute approximate surface area is 130 Å². The third-order valence-corrected chi connectivity index (χ3v) is 4.32. The molecule has 110 valence electrons. The van der Waals surface area contributed by atoms with Gasteiger partial charge in [-0.15, -0.1) is 11.3 Å². The maximum absolute atomic E-state index is 8.78. The third kappa shape index (κ3) is 3.87. The molecule has 2 aromatic rings. The molecule has 3 heteroatoms. The number of hydrogen-bond donors (Lipinski definition) is 1. The van der Waals surface area contributed by atoms with Gasteiger partial charge in [0.2, 0.25) is 0 Å². The van der Waals surface area contributed by atoms with Gasteiger partial charge in [-0.1, -0.05) is 24.0 Å². The summed E-state index contributed by atoms with van der Waals surface area (Å²) in [6.45, 7) is 6.89. The van der Waals surface area contributed by atoms with Gasteiger partial charge in [0.15, 0.2) is 0 Å². The predicted molar refractivity (Wildman–Crippen MR) is 87.9 cm³/mol. The first-order valence-corrected chi connectivity index (χ1v) is 7.87. The molecule has 21 heavy (non-hydrogen) atoms. The van der Waals surface area contributed by atoms with Crippen LogP contribution < -0.4 is 4.74 Å². The van der Waals surface area contributed by atoms with Crippen LogP contribution in [-0.4, -0.2) is 11.7 Å². The SMILES string of the molecule is Cc1ccc(C)c(OCc2sccc2C#CCCO)c1C. The first-order chi connectivity index (χ1) is 10.1. The fourth-order valence-corrected chi connectivity index (χ4v) is 2.80. The normalized spacial score (nSPS) is 10.1. The minimum Gasteiger partial charge on any atom is -0.487 e. The number of hydrogen-bond acceptors (Lipinski definition) is 3. The van der Waals surface area contributed by atoms with Crippen molar-refractivity contribution in [1.29, 1.82) is 0 Å². The molecule has 0 amide bonds. The van der Waals surface area contributed by atoms with E-state index in [0.29, 0.717) is 13.0 Å². The fraction of sp³-hybridized carbons (Fsp3) is 0.333. The van der Waals surface area contributed by atoms with Crippen LogP contribution in [0.3, 0.4) is 0 Å². The number of thiophene rings is 1. The van der Waals surface area contributed by atoms with Crippen molar-refractivity contribution in [3.05, 3.63) is 50.7 Å². The summed E-state index contributed by atoms with van der Waals surface area (Å²) in [5, 5.41) is 10.8. The molecule has 0 aliphatic carbocycles. The second-order valence-corrected chi connectivity index (χ2v) is 5.98. The zero-order valence-electron chi connectivity index (χ0n) is 12.7. The van der Waals surface area contributed by atoms with E-state index in [1.54, 1.807) is 11.3 Å². The Hall–Kier alpha value is -1.76. The van der Waals surface area contributed by atoms with Crippen molar-refractivity contribution in [3.63, 3.8) is 0 Å². The predicted octanol–water partition coefficient (Wildman–Crippen LogP) is 3.99. The second kappa shape index (κ2) is 7.31. The maximum Gasteiger partial charge on any atom is 0.125 e. The molecule has 1 N–H and O–H groups in total. The quantitative estimate of drug-likeness (QED) is 0.865.